The molecule has 0 N–H and O–H groups in total. The van der Waals surface area contributed by atoms with E-state index in [0.717, 1.165) is 46.4 Å². The van der Waals surface area contributed by atoms with Crippen molar-refractivity contribution in [2.45, 2.75) is 31.8 Å². The van der Waals surface area contributed by atoms with Gasteiger partial charge in [-0.15, -0.1) is 0 Å². The van der Waals surface area contributed by atoms with Crippen LogP contribution in [-0.4, -0.2) is 45.7 Å². The first-order valence-corrected chi connectivity index (χ1v) is 10.4. The molecule has 0 bridgehead atoms. The predicted octanol–water partition coefficient (Wildman–Crippen LogP) is 4.56. The van der Waals surface area contributed by atoms with Crippen molar-refractivity contribution in [1.29, 1.82) is 0 Å². The van der Waals surface area contributed by atoms with Crippen molar-refractivity contribution in [3.05, 3.63) is 40.6 Å². The van der Waals surface area contributed by atoms with Gasteiger partial charge in [-0.1, -0.05) is 0 Å². The van der Waals surface area contributed by atoms with Gasteiger partial charge in [-0.05, 0) is 46.0 Å². The molecule has 2 aliphatic rings. The Morgan fingerprint density at radius 2 is 1.53 bits per heavy atom. The van der Waals surface area contributed by atoms with Gasteiger partial charge in [0.05, 0.1) is 41.0 Å². The minimum atomic E-state index is -0.116. The highest BCUT2D eigenvalue weighted by Gasteiger charge is 2.41. The van der Waals surface area contributed by atoms with Crippen molar-refractivity contribution >= 4 is 21.5 Å². The zero-order chi connectivity index (χ0) is 21.0. The molecule has 1 saturated heterocycles. The van der Waals surface area contributed by atoms with Crippen molar-refractivity contribution < 1.29 is 23.6 Å². The monoisotopic (exact) mass is 409 g/mol. The summed E-state index contributed by atoms with van der Waals surface area (Å²) in [6.45, 7) is 1.19. The van der Waals surface area contributed by atoms with Gasteiger partial charge in [0.15, 0.2) is 23.0 Å². The SMILES string of the molecule is COc1cc2c3c(c4ccc(OC)c(OC)c4c2cc1OC)C[N@@+]1([O-])CCC[C@@H]1C3. The molecule has 2 heterocycles. The van der Waals surface area contributed by atoms with Gasteiger partial charge < -0.3 is 28.8 Å². The number of fused-ring (bicyclic) bond motifs is 7. The van der Waals surface area contributed by atoms with E-state index in [9.17, 15) is 5.21 Å². The van der Waals surface area contributed by atoms with Gasteiger partial charge in [0, 0.05) is 30.2 Å². The molecule has 2 aliphatic heterocycles. The zero-order valence-electron chi connectivity index (χ0n) is 17.9. The largest absolute Gasteiger partial charge is 0.632 e. The van der Waals surface area contributed by atoms with Crippen LogP contribution in [-0.2, 0) is 13.0 Å². The third-order valence-electron chi connectivity index (χ3n) is 6.96. The van der Waals surface area contributed by atoms with Crippen molar-refractivity contribution in [3.8, 4) is 23.0 Å². The molecular weight excluding hydrogens is 382 g/mol. The maximum absolute atomic E-state index is 13.6. The predicted molar refractivity (Wildman–Crippen MR) is 117 cm³/mol. The van der Waals surface area contributed by atoms with Gasteiger partial charge in [0.2, 0.25) is 0 Å². The van der Waals surface area contributed by atoms with E-state index >= 15 is 0 Å². The molecule has 158 valence electrons. The Morgan fingerprint density at radius 1 is 0.833 bits per heavy atom. The second kappa shape index (κ2) is 6.93. The number of hydroxylamine groups is 3. The Balaban J connectivity index is 1.95. The van der Waals surface area contributed by atoms with E-state index in [0.29, 0.717) is 36.1 Å². The molecule has 6 nitrogen and oxygen atoms in total. The van der Waals surface area contributed by atoms with Crippen molar-refractivity contribution in [1.82, 2.24) is 0 Å². The molecule has 2 atom stereocenters. The Bertz CT molecular complexity index is 1160. The smallest absolute Gasteiger partial charge is 0.169 e. The average Bonchev–Trinajstić information content (AvgIpc) is 3.16. The molecule has 3 aromatic rings. The second-order valence-corrected chi connectivity index (χ2v) is 8.27. The quantitative estimate of drug-likeness (QED) is 0.359. The summed E-state index contributed by atoms with van der Waals surface area (Å²) in [5.74, 6) is 2.70. The van der Waals surface area contributed by atoms with E-state index in [1.165, 1.54) is 5.56 Å². The highest BCUT2D eigenvalue weighted by Crippen LogP contribution is 2.49. The second-order valence-electron chi connectivity index (χ2n) is 8.27. The molecule has 0 unspecified atom stereocenters. The molecule has 6 heteroatoms. The van der Waals surface area contributed by atoms with Crippen LogP contribution < -0.4 is 18.9 Å². The number of nitrogens with zero attached hydrogens (tertiary/aromatic N) is 1. The minimum absolute atomic E-state index is 0.116. The summed E-state index contributed by atoms with van der Waals surface area (Å²) in [4.78, 5) is 0. The maximum atomic E-state index is 13.6. The topological polar surface area (TPSA) is 60.0 Å². The van der Waals surface area contributed by atoms with Crippen LogP contribution in [0.1, 0.15) is 24.0 Å². The molecule has 0 spiro atoms. The Kier molecular flexibility index (Phi) is 4.45. The van der Waals surface area contributed by atoms with E-state index in [-0.39, 0.29) is 10.7 Å². The van der Waals surface area contributed by atoms with Crippen LogP contribution in [0.15, 0.2) is 24.3 Å². The molecule has 0 radical (unpaired) electrons. The molecule has 0 aliphatic carbocycles. The van der Waals surface area contributed by atoms with E-state index in [2.05, 4.69) is 6.07 Å². The van der Waals surface area contributed by atoms with Gasteiger partial charge in [-0.2, -0.15) is 0 Å². The van der Waals surface area contributed by atoms with Crippen LogP contribution in [0, 0.1) is 5.21 Å². The Hall–Kier alpha value is -2.70. The van der Waals surface area contributed by atoms with E-state index in [4.69, 9.17) is 18.9 Å². The lowest BCUT2D eigenvalue weighted by Crippen LogP contribution is -2.49. The van der Waals surface area contributed by atoms with E-state index in [1.54, 1.807) is 28.4 Å². The number of methoxy groups -OCH3 is 4. The summed E-state index contributed by atoms with van der Waals surface area (Å²) in [7, 11) is 6.59. The number of quaternary nitrogens is 1. The first-order chi connectivity index (χ1) is 14.5. The highest BCUT2D eigenvalue weighted by atomic mass is 16.5. The molecule has 5 rings (SSSR count). The lowest BCUT2D eigenvalue weighted by molar-refractivity contribution is -0.907. The number of hydrogen-bond donors (Lipinski definition) is 0. The number of hydrogen-bond acceptors (Lipinski definition) is 5. The lowest BCUT2D eigenvalue weighted by Gasteiger charge is -2.48. The van der Waals surface area contributed by atoms with Gasteiger partial charge in [0.1, 0.15) is 6.54 Å². The highest BCUT2D eigenvalue weighted by molar-refractivity contribution is 6.15. The number of benzene rings is 3. The van der Waals surface area contributed by atoms with Gasteiger partial charge in [-0.3, -0.25) is 0 Å². The third-order valence-corrected chi connectivity index (χ3v) is 6.96. The fourth-order valence-corrected chi connectivity index (χ4v) is 5.51. The molecule has 3 aromatic carbocycles. The number of rotatable bonds is 4. The first-order valence-electron chi connectivity index (χ1n) is 10.4. The summed E-state index contributed by atoms with van der Waals surface area (Å²) >= 11 is 0. The van der Waals surface area contributed by atoms with Gasteiger partial charge in [0.25, 0.3) is 0 Å². The van der Waals surface area contributed by atoms with E-state index in [1.807, 2.05) is 18.2 Å². The van der Waals surface area contributed by atoms with Crippen molar-refractivity contribution in [3.63, 3.8) is 0 Å². The minimum Gasteiger partial charge on any atom is -0.632 e. The molecule has 0 amide bonds. The fraction of sp³-hybridized carbons (Fsp3) is 0.417. The third kappa shape index (κ3) is 2.57. The first kappa shape index (κ1) is 19.3. The lowest BCUT2D eigenvalue weighted by atomic mass is 9.84. The standard InChI is InChI=1S/C24H27NO5/c1-27-20-8-7-15-19-13-25(26)9-5-6-14(25)10-16(19)17-11-21(28-2)22(29-3)12-18(17)23(15)24(20)30-4/h7-8,11-12,14H,5-6,9-10,13H2,1-4H3/t14-,25+/m1/s1. The molecule has 1 fully saturated rings. The molecule has 30 heavy (non-hydrogen) atoms. The van der Waals surface area contributed by atoms with Gasteiger partial charge >= 0.3 is 0 Å². The van der Waals surface area contributed by atoms with Crippen LogP contribution in [0.3, 0.4) is 0 Å². The molecule has 0 aromatic heterocycles. The van der Waals surface area contributed by atoms with Crippen LogP contribution >= 0.6 is 0 Å². The summed E-state index contributed by atoms with van der Waals surface area (Å²) < 4.78 is 22.5. The molecule has 0 saturated carbocycles. The Labute approximate surface area is 176 Å². The molecular formula is C24H27NO5. The van der Waals surface area contributed by atoms with Crippen LogP contribution in [0.25, 0.3) is 21.5 Å². The maximum Gasteiger partial charge on any atom is 0.169 e. The van der Waals surface area contributed by atoms with Crippen molar-refractivity contribution in [2.75, 3.05) is 35.0 Å². The summed E-state index contributed by atoms with van der Waals surface area (Å²) in [6.07, 6.45) is 2.77. The Morgan fingerprint density at radius 3 is 2.20 bits per heavy atom. The van der Waals surface area contributed by atoms with E-state index < -0.39 is 0 Å². The van der Waals surface area contributed by atoms with Crippen LogP contribution in [0.4, 0.5) is 0 Å². The van der Waals surface area contributed by atoms with Crippen LogP contribution in [0.5, 0.6) is 23.0 Å². The normalized spacial score (nSPS) is 22.6. The summed E-state index contributed by atoms with van der Waals surface area (Å²) in [5.41, 5.74) is 2.38. The average molecular weight is 409 g/mol. The van der Waals surface area contributed by atoms with Crippen molar-refractivity contribution in [2.24, 2.45) is 0 Å². The summed E-state index contributed by atoms with van der Waals surface area (Å²) in [5, 5.41) is 17.7. The fourth-order valence-electron chi connectivity index (χ4n) is 5.51. The summed E-state index contributed by atoms with van der Waals surface area (Å²) in [6, 6.07) is 8.19. The van der Waals surface area contributed by atoms with Gasteiger partial charge in [-0.25, -0.2) is 0 Å². The number of ether oxygens (including phenoxy) is 4. The van der Waals surface area contributed by atoms with Crippen LogP contribution in [0.2, 0.25) is 0 Å². The zero-order valence-corrected chi connectivity index (χ0v) is 17.9.